The first kappa shape index (κ1) is 16.0. The summed E-state index contributed by atoms with van der Waals surface area (Å²) in [5.41, 5.74) is 0.507. The van der Waals surface area contributed by atoms with E-state index in [1.165, 1.54) is 16.4 Å². The number of ether oxygens (including phenoxy) is 1. The lowest BCUT2D eigenvalue weighted by Crippen LogP contribution is -2.45. The summed E-state index contributed by atoms with van der Waals surface area (Å²) < 4.78 is 5.98. The number of thiazole rings is 1. The third-order valence-corrected chi connectivity index (χ3v) is 5.72. The predicted octanol–water partition coefficient (Wildman–Crippen LogP) is 1.24. The topological polar surface area (TPSA) is 72.0 Å². The first-order valence-corrected chi connectivity index (χ1v) is 9.31. The van der Waals surface area contributed by atoms with E-state index in [0.29, 0.717) is 37.9 Å². The van der Waals surface area contributed by atoms with Crippen LogP contribution >= 0.6 is 11.3 Å². The Bertz CT molecular complexity index is 643. The first-order chi connectivity index (χ1) is 11.6. The molecular formula is C16H21N3O4S. The van der Waals surface area contributed by atoms with Crippen molar-refractivity contribution >= 4 is 23.2 Å². The third kappa shape index (κ3) is 2.94. The maximum atomic E-state index is 12.5. The number of nitrogens with zero attached hydrogens (tertiary/aromatic N) is 3. The molecule has 2 amide bonds. The minimum atomic E-state index is -0.435. The highest BCUT2D eigenvalue weighted by atomic mass is 32.1. The summed E-state index contributed by atoms with van der Waals surface area (Å²) in [5, 5.41) is 4.13. The lowest BCUT2D eigenvalue weighted by Gasteiger charge is -2.33. The molecule has 0 unspecified atom stereocenters. The number of carbonyl (C=O) groups is 2. The Morgan fingerprint density at radius 1 is 1.38 bits per heavy atom. The molecule has 3 aliphatic heterocycles. The third-order valence-electron chi connectivity index (χ3n) is 4.95. The van der Waals surface area contributed by atoms with Crippen LogP contribution in [0.3, 0.4) is 0 Å². The number of amides is 2. The van der Waals surface area contributed by atoms with E-state index in [4.69, 9.17) is 9.57 Å². The van der Waals surface area contributed by atoms with Crippen LogP contribution in [0.1, 0.15) is 34.8 Å². The van der Waals surface area contributed by atoms with Gasteiger partial charge in [-0.2, -0.15) is 0 Å². The number of hydrogen-bond donors (Lipinski definition) is 0. The van der Waals surface area contributed by atoms with Crippen molar-refractivity contribution < 1.29 is 19.2 Å². The standard InChI is InChI=1S/C16H21N3O4S/c1-10-17-12(9-24-10)15(20)18-5-3-11-7-13(23-14(11)8-18)16(21)19-4-2-6-22-19/h9,11,13-14H,2-8H2,1H3/t11-,13+,14+/m0/s1. The number of fused-ring (bicyclic) bond motifs is 1. The second-order valence-corrected chi connectivity index (χ2v) is 7.64. The summed E-state index contributed by atoms with van der Waals surface area (Å²) in [5.74, 6) is 0.219. The van der Waals surface area contributed by atoms with E-state index in [9.17, 15) is 9.59 Å². The van der Waals surface area contributed by atoms with Crippen LogP contribution in [0, 0.1) is 12.8 Å². The molecule has 7 nitrogen and oxygen atoms in total. The van der Waals surface area contributed by atoms with Crippen molar-refractivity contribution in [3.63, 3.8) is 0 Å². The van der Waals surface area contributed by atoms with Crippen molar-refractivity contribution in [2.45, 2.75) is 38.4 Å². The van der Waals surface area contributed by atoms with Crippen LogP contribution in [0.4, 0.5) is 0 Å². The fourth-order valence-electron chi connectivity index (χ4n) is 3.68. The van der Waals surface area contributed by atoms with Crippen molar-refractivity contribution in [3.8, 4) is 0 Å². The van der Waals surface area contributed by atoms with E-state index < -0.39 is 6.10 Å². The number of carbonyl (C=O) groups excluding carboxylic acids is 2. The van der Waals surface area contributed by atoms with E-state index >= 15 is 0 Å². The normalized spacial score (nSPS) is 29.8. The van der Waals surface area contributed by atoms with Crippen LogP contribution in [0.5, 0.6) is 0 Å². The van der Waals surface area contributed by atoms with Gasteiger partial charge in [-0.25, -0.2) is 10.0 Å². The Morgan fingerprint density at radius 3 is 2.96 bits per heavy atom. The van der Waals surface area contributed by atoms with E-state index in [2.05, 4.69) is 4.98 Å². The lowest BCUT2D eigenvalue weighted by atomic mass is 9.91. The molecule has 24 heavy (non-hydrogen) atoms. The maximum absolute atomic E-state index is 12.5. The minimum Gasteiger partial charge on any atom is -0.363 e. The van der Waals surface area contributed by atoms with Gasteiger partial charge in [-0.1, -0.05) is 0 Å². The Kier molecular flexibility index (Phi) is 4.28. The lowest BCUT2D eigenvalue weighted by molar-refractivity contribution is -0.180. The van der Waals surface area contributed by atoms with Gasteiger partial charge in [0.1, 0.15) is 11.8 Å². The van der Waals surface area contributed by atoms with Gasteiger partial charge in [0.05, 0.1) is 24.3 Å². The highest BCUT2D eigenvalue weighted by Gasteiger charge is 2.44. The van der Waals surface area contributed by atoms with Crippen molar-refractivity contribution in [3.05, 3.63) is 16.1 Å². The molecule has 3 atom stereocenters. The van der Waals surface area contributed by atoms with Crippen LogP contribution in [0.25, 0.3) is 0 Å². The van der Waals surface area contributed by atoms with Crippen LogP contribution < -0.4 is 0 Å². The summed E-state index contributed by atoms with van der Waals surface area (Å²) >= 11 is 1.48. The molecule has 3 fully saturated rings. The molecule has 1 aromatic rings. The van der Waals surface area contributed by atoms with Gasteiger partial charge in [-0.05, 0) is 32.1 Å². The van der Waals surface area contributed by atoms with Gasteiger partial charge in [-0.15, -0.1) is 11.3 Å². The second-order valence-electron chi connectivity index (χ2n) is 6.58. The monoisotopic (exact) mass is 351 g/mol. The van der Waals surface area contributed by atoms with Gasteiger partial charge < -0.3 is 9.64 Å². The Hall–Kier alpha value is -1.51. The molecule has 8 heteroatoms. The zero-order chi connectivity index (χ0) is 16.7. The molecule has 3 aliphatic rings. The second kappa shape index (κ2) is 6.42. The first-order valence-electron chi connectivity index (χ1n) is 8.43. The molecule has 1 aromatic heterocycles. The highest BCUT2D eigenvalue weighted by molar-refractivity contribution is 7.09. The maximum Gasteiger partial charge on any atom is 0.275 e. The molecule has 0 spiro atoms. The fraction of sp³-hybridized carbons (Fsp3) is 0.688. The van der Waals surface area contributed by atoms with Gasteiger partial charge in [0.15, 0.2) is 0 Å². The van der Waals surface area contributed by atoms with Crippen molar-refractivity contribution in [2.24, 2.45) is 5.92 Å². The molecule has 130 valence electrons. The molecule has 3 saturated heterocycles. The summed E-state index contributed by atoms with van der Waals surface area (Å²) in [6.45, 7) is 4.36. The molecule has 4 heterocycles. The zero-order valence-corrected chi connectivity index (χ0v) is 14.5. The van der Waals surface area contributed by atoms with Gasteiger partial charge in [0.2, 0.25) is 0 Å². The van der Waals surface area contributed by atoms with Crippen LogP contribution in [0.2, 0.25) is 0 Å². The quantitative estimate of drug-likeness (QED) is 0.801. The largest absolute Gasteiger partial charge is 0.363 e. The van der Waals surface area contributed by atoms with Gasteiger partial charge >= 0.3 is 0 Å². The number of likely N-dealkylation sites (tertiary alicyclic amines) is 1. The van der Waals surface area contributed by atoms with Crippen molar-refractivity contribution in [1.82, 2.24) is 14.9 Å². The average molecular weight is 351 g/mol. The summed E-state index contributed by atoms with van der Waals surface area (Å²) in [6.07, 6.45) is 1.96. The summed E-state index contributed by atoms with van der Waals surface area (Å²) in [4.78, 5) is 36.4. The fourth-order valence-corrected chi connectivity index (χ4v) is 4.27. The van der Waals surface area contributed by atoms with Crippen LogP contribution in [-0.2, 0) is 14.4 Å². The molecule has 0 N–H and O–H groups in total. The number of aromatic nitrogens is 1. The number of hydroxylamine groups is 2. The molecule has 0 aromatic carbocycles. The number of aryl methyl sites for hydroxylation is 1. The van der Waals surface area contributed by atoms with Gasteiger partial charge in [0.25, 0.3) is 11.8 Å². The number of piperidine rings is 1. The van der Waals surface area contributed by atoms with E-state index in [1.54, 1.807) is 10.3 Å². The average Bonchev–Trinajstić information content (AvgIpc) is 3.32. The predicted molar refractivity (Wildman–Crippen MR) is 86.4 cm³/mol. The Morgan fingerprint density at radius 2 is 2.25 bits per heavy atom. The molecule has 0 aliphatic carbocycles. The van der Waals surface area contributed by atoms with E-state index in [-0.39, 0.29) is 17.9 Å². The zero-order valence-electron chi connectivity index (χ0n) is 13.6. The van der Waals surface area contributed by atoms with Gasteiger partial charge in [0, 0.05) is 18.5 Å². The summed E-state index contributed by atoms with van der Waals surface area (Å²) in [7, 11) is 0. The Balaban J connectivity index is 1.38. The highest BCUT2D eigenvalue weighted by Crippen LogP contribution is 2.34. The Labute approximate surface area is 144 Å². The SMILES string of the molecule is Cc1nc(C(=O)N2CC[C@H]3C[C@H](C(=O)N4CCCO4)O[C@@H]3C2)cs1. The molecule has 0 saturated carbocycles. The van der Waals surface area contributed by atoms with Crippen molar-refractivity contribution in [2.75, 3.05) is 26.2 Å². The molecule has 0 bridgehead atoms. The minimum absolute atomic E-state index is 0.0425. The van der Waals surface area contributed by atoms with E-state index in [0.717, 1.165) is 24.3 Å². The van der Waals surface area contributed by atoms with Crippen LogP contribution in [0.15, 0.2) is 5.38 Å². The van der Waals surface area contributed by atoms with Crippen LogP contribution in [-0.4, -0.2) is 65.2 Å². The smallest absolute Gasteiger partial charge is 0.275 e. The van der Waals surface area contributed by atoms with E-state index in [1.807, 2.05) is 6.92 Å². The molecule has 0 radical (unpaired) electrons. The molecule has 4 rings (SSSR count). The number of hydrogen-bond acceptors (Lipinski definition) is 6. The van der Waals surface area contributed by atoms with Crippen molar-refractivity contribution in [1.29, 1.82) is 0 Å². The summed E-state index contributed by atoms with van der Waals surface area (Å²) in [6, 6.07) is 0. The number of rotatable bonds is 2. The van der Waals surface area contributed by atoms with Gasteiger partial charge in [-0.3, -0.25) is 14.4 Å². The molecular weight excluding hydrogens is 330 g/mol.